The zero-order valence-corrected chi connectivity index (χ0v) is 18.6. The van der Waals surface area contributed by atoms with Crippen LogP contribution in [0.1, 0.15) is 54.9 Å². The monoisotopic (exact) mass is 453 g/mol. The van der Waals surface area contributed by atoms with Crippen LogP contribution in [0.5, 0.6) is 0 Å². The molecule has 10 nitrogen and oxygen atoms in total. The Hall–Kier alpha value is -3.69. The number of ether oxygens (including phenoxy) is 1. The minimum atomic E-state index is -0.982. The third-order valence-electron chi connectivity index (χ3n) is 5.88. The van der Waals surface area contributed by atoms with Crippen molar-refractivity contribution in [1.82, 2.24) is 9.97 Å². The Morgan fingerprint density at radius 3 is 2.70 bits per heavy atom. The second kappa shape index (κ2) is 9.43. The van der Waals surface area contributed by atoms with Gasteiger partial charge < -0.3 is 20.3 Å². The van der Waals surface area contributed by atoms with Crippen molar-refractivity contribution in [1.29, 1.82) is 0 Å². The summed E-state index contributed by atoms with van der Waals surface area (Å²) in [5, 5.41) is 5.36. The minimum Gasteiger partial charge on any atom is -0.462 e. The number of nitrogens with one attached hydrogen (secondary N) is 3. The maximum absolute atomic E-state index is 13.0. The van der Waals surface area contributed by atoms with Gasteiger partial charge in [-0.2, -0.15) is 4.98 Å². The van der Waals surface area contributed by atoms with Crippen LogP contribution in [0.3, 0.4) is 0 Å². The Kier molecular flexibility index (Phi) is 6.43. The lowest BCUT2D eigenvalue weighted by atomic mass is 9.92. The molecule has 2 aromatic rings. The molecule has 1 aromatic heterocycles. The lowest BCUT2D eigenvalue weighted by molar-refractivity contribution is -0.123. The van der Waals surface area contributed by atoms with E-state index in [0.29, 0.717) is 23.1 Å². The summed E-state index contributed by atoms with van der Waals surface area (Å²) in [6, 6.07) is 6.21. The van der Waals surface area contributed by atoms with E-state index >= 15 is 0 Å². The van der Waals surface area contributed by atoms with Crippen molar-refractivity contribution in [3.05, 3.63) is 45.7 Å². The predicted molar refractivity (Wildman–Crippen MR) is 122 cm³/mol. The Bertz CT molecular complexity index is 1130. The molecule has 10 heteroatoms. The number of hydrogen-bond acceptors (Lipinski definition) is 7. The molecule has 2 amide bonds. The van der Waals surface area contributed by atoms with Crippen molar-refractivity contribution in [3.63, 3.8) is 0 Å². The molecule has 0 unspecified atom stereocenters. The van der Waals surface area contributed by atoms with E-state index in [2.05, 4.69) is 27.5 Å². The Labute approximate surface area is 190 Å². The summed E-state index contributed by atoms with van der Waals surface area (Å²) < 4.78 is 4.95. The number of aromatic nitrogens is 2. The number of carbonyl (C=O) groups is 3. The van der Waals surface area contributed by atoms with Gasteiger partial charge in [-0.3, -0.25) is 19.4 Å². The smallest absolute Gasteiger partial charge is 0.338 e. The topological polar surface area (TPSA) is 133 Å². The average Bonchev–Trinajstić information content (AvgIpc) is 2.78. The van der Waals surface area contributed by atoms with E-state index in [1.54, 1.807) is 19.1 Å². The van der Waals surface area contributed by atoms with Crippen LogP contribution in [0.25, 0.3) is 0 Å². The fourth-order valence-electron chi connectivity index (χ4n) is 4.25. The summed E-state index contributed by atoms with van der Waals surface area (Å²) in [6.45, 7) is 5.66. The Balaban J connectivity index is 1.56. The number of H-pyrrole nitrogens is 1. The van der Waals surface area contributed by atoms with E-state index in [4.69, 9.17) is 4.74 Å². The first kappa shape index (κ1) is 22.5. The lowest BCUT2D eigenvalue weighted by Crippen LogP contribution is -2.40. The van der Waals surface area contributed by atoms with Crippen LogP contribution in [0, 0.1) is 5.92 Å². The molecule has 1 saturated heterocycles. The molecule has 1 aromatic carbocycles. The number of fused-ring (bicyclic) bond motifs is 1. The van der Waals surface area contributed by atoms with E-state index in [1.807, 2.05) is 4.90 Å². The van der Waals surface area contributed by atoms with Crippen LogP contribution < -0.4 is 21.1 Å². The van der Waals surface area contributed by atoms with Gasteiger partial charge in [-0.15, -0.1) is 0 Å². The normalized spacial score (nSPS) is 19.9. The van der Waals surface area contributed by atoms with Gasteiger partial charge in [0, 0.05) is 25.2 Å². The van der Waals surface area contributed by atoms with Gasteiger partial charge in [0.25, 0.3) is 5.56 Å². The van der Waals surface area contributed by atoms with Gasteiger partial charge in [-0.25, -0.2) is 4.79 Å². The minimum absolute atomic E-state index is 0.126. The molecule has 174 valence electrons. The number of nitrogens with zero attached hydrogens (tertiary/aromatic N) is 2. The molecule has 2 aliphatic heterocycles. The maximum atomic E-state index is 13.0. The molecule has 3 N–H and O–H groups in total. The van der Waals surface area contributed by atoms with Gasteiger partial charge >= 0.3 is 5.97 Å². The number of benzene rings is 1. The molecule has 0 spiro atoms. The summed E-state index contributed by atoms with van der Waals surface area (Å²) in [5.74, 6) is -1.31. The van der Waals surface area contributed by atoms with Crippen LogP contribution in [-0.2, 0) is 14.3 Å². The van der Waals surface area contributed by atoms with Crippen molar-refractivity contribution in [2.24, 2.45) is 5.92 Å². The van der Waals surface area contributed by atoms with Crippen LogP contribution in [0.4, 0.5) is 17.5 Å². The first-order valence-corrected chi connectivity index (χ1v) is 11.1. The number of rotatable bonds is 5. The molecular formula is C23H27N5O5. The maximum Gasteiger partial charge on any atom is 0.338 e. The second-order valence-corrected chi connectivity index (χ2v) is 8.44. The van der Waals surface area contributed by atoms with Gasteiger partial charge in [-0.1, -0.05) is 6.92 Å². The van der Waals surface area contributed by atoms with Crippen molar-refractivity contribution >= 4 is 35.2 Å². The van der Waals surface area contributed by atoms with Gasteiger partial charge in [0.2, 0.25) is 17.8 Å². The summed E-state index contributed by atoms with van der Waals surface area (Å²) in [4.78, 5) is 59.3. The number of aromatic amines is 1. The standard InChI is InChI=1S/C23H27N5O5/c1-3-33-22(32)14-6-8-15(9-7-14)24-20(30)16-11-17(29)25-19-18(16)21(31)27-23(26-19)28-10-4-5-13(2)12-28/h6-9,13,16H,3-5,10-12H2,1-2H3,(H,24,30)(H2,25,26,27,29,31)/t13-,16+/m0/s1. The molecule has 2 atom stereocenters. The fraction of sp³-hybridized carbons (Fsp3) is 0.435. The molecule has 3 heterocycles. The summed E-state index contributed by atoms with van der Waals surface area (Å²) in [6.07, 6.45) is 1.95. The summed E-state index contributed by atoms with van der Waals surface area (Å²) >= 11 is 0. The fourth-order valence-corrected chi connectivity index (χ4v) is 4.25. The number of piperidine rings is 1. The summed E-state index contributed by atoms with van der Waals surface area (Å²) in [7, 11) is 0. The van der Waals surface area contributed by atoms with E-state index in [1.165, 1.54) is 12.1 Å². The highest BCUT2D eigenvalue weighted by molar-refractivity contribution is 6.04. The number of anilines is 3. The number of hydrogen-bond donors (Lipinski definition) is 3. The van der Waals surface area contributed by atoms with Crippen LogP contribution in [-0.4, -0.2) is 47.4 Å². The molecule has 0 saturated carbocycles. The van der Waals surface area contributed by atoms with E-state index < -0.39 is 23.4 Å². The van der Waals surface area contributed by atoms with Gasteiger partial charge in [0.05, 0.1) is 23.7 Å². The zero-order valence-electron chi connectivity index (χ0n) is 18.6. The van der Waals surface area contributed by atoms with Crippen molar-refractivity contribution in [3.8, 4) is 0 Å². The third kappa shape index (κ3) is 4.89. The van der Waals surface area contributed by atoms with E-state index in [-0.39, 0.29) is 30.3 Å². The van der Waals surface area contributed by atoms with Crippen LogP contribution in [0.2, 0.25) is 0 Å². The summed E-state index contributed by atoms with van der Waals surface area (Å²) in [5.41, 5.74) is 0.497. The van der Waals surface area contributed by atoms with Gasteiger partial charge in [-0.05, 0) is 49.9 Å². The predicted octanol–water partition coefficient (Wildman–Crippen LogP) is 2.25. The largest absolute Gasteiger partial charge is 0.462 e. The molecule has 1 fully saturated rings. The molecule has 0 aliphatic carbocycles. The Morgan fingerprint density at radius 2 is 2.00 bits per heavy atom. The van der Waals surface area contributed by atoms with Crippen LogP contribution in [0.15, 0.2) is 29.1 Å². The number of amides is 2. The molecule has 4 rings (SSSR count). The highest BCUT2D eigenvalue weighted by Crippen LogP contribution is 2.31. The number of carbonyl (C=O) groups excluding carboxylic acids is 3. The van der Waals surface area contributed by atoms with Crippen LogP contribution >= 0.6 is 0 Å². The first-order chi connectivity index (χ1) is 15.9. The quantitative estimate of drug-likeness (QED) is 0.591. The molecular weight excluding hydrogens is 426 g/mol. The highest BCUT2D eigenvalue weighted by atomic mass is 16.5. The molecule has 0 radical (unpaired) electrons. The molecule has 33 heavy (non-hydrogen) atoms. The highest BCUT2D eigenvalue weighted by Gasteiger charge is 2.35. The lowest BCUT2D eigenvalue weighted by Gasteiger charge is -2.32. The zero-order chi connectivity index (χ0) is 23.5. The Morgan fingerprint density at radius 1 is 1.24 bits per heavy atom. The van der Waals surface area contributed by atoms with E-state index in [9.17, 15) is 19.2 Å². The van der Waals surface area contributed by atoms with Gasteiger partial charge in [0.15, 0.2) is 0 Å². The number of esters is 1. The van der Waals surface area contributed by atoms with Crippen molar-refractivity contribution in [2.75, 3.05) is 35.2 Å². The van der Waals surface area contributed by atoms with Crippen molar-refractivity contribution < 1.29 is 19.1 Å². The first-order valence-electron chi connectivity index (χ1n) is 11.1. The van der Waals surface area contributed by atoms with Crippen molar-refractivity contribution in [2.45, 2.75) is 39.0 Å². The SMILES string of the molecule is CCOC(=O)c1ccc(NC(=O)[C@@H]2CC(=O)Nc3nc(N4CCC[C@H](C)C4)[nH]c(=O)c32)cc1. The molecule has 0 bridgehead atoms. The average molecular weight is 453 g/mol. The molecule has 2 aliphatic rings. The van der Waals surface area contributed by atoms with E-state index in [0.717, 1.165) is 25.9 Å². The second-order valence-electron chi connectivity index (χ2n) is 8.44. The van der Waals surface area contributed by atoms with Gasteiger partial charge in [0.1, 0.15) is 5.82 Å². The third-order valence-corrected chi connectivity index (χ3v) is 5.88.